The fraction of sp³-hybridized carbons (Fsp3) is 0.227. The number of nitrogens with one attached hydrogen (secondary N) is 1. The third-order valence-corrected chi connectivity index (χ3v) is 5.63. The Balaban J connectivity index is 1.71. The average Bonchev–Trinajstić information content (AvgIpc) is 3.21. The molecule has 2 amide bonds. The van der Waals surface area contributed by atoms with Crippen LogP contribution in [0.1, 0.15) is 27.7 Å². The number of hydrogen-bond acceptors (Lipinski definition) is 4. The van der Waals surface area contributed by atoms with Crippen LogP contribution in [0.3, 0.4) is 0 Å². The SMILES string of the molecule is CNC(=O)CN1c2ccccc2C(=O)N(C)C1c1cnn(Cc2ccccc2Cl)c1. The van der Waals surface area contributed by atoms with Gasteiger partial charge in [0.05, 0.1) is 30.5 Å². The summed E-state index contributed by atoms with van der Waals surface area (Å²) in [7, 11) is 3.34. The molecular weight excluding hydrogens is 402 g/mol. The summed E-state index contributed by atoms with van der Waals surface area (Å²) < 4.78 is 1.79. The summed E-state index contributed by atoms with van der Waals surface area (Å²) in [6.07, 6.45) is 3.17. The molecule has 1 N–H and O–H groups in total. The topological polar surface area (TPSA) is 70.5 Å². The van der Waals surface area contributed by atoms with E-state index in [4.69, 9.17) is 11.6 Å². The predicted octanol–water partition coefficient (Wildman–Crippen LogP) is 2.92. The summed E-state index contributed by atoms with van der Waals surface area (Å²) >= 11 is 6.28. The summed E-state index contributed by atoms with van der Waals surface area (Å²) in [5.41, 5.74) is 3.07. The summed E-state index contributed by atoms with van der Waals surface area (Å²) in [6.45, 7) is 0.627. The number of aromatic nitrogens is 2. The molecule has 1 aliphatic rings. The van der Waals surface area contributed by atoms with E-state index in [0.29, 0.717) is 17.1 Å². The average molecular weight is 424 g/mol. The Hall–Kier alpha value is -3.32. The molecule has 0 bridgehead atoms. The van der Waals surface area contributed by atoms with Gasteiger partial charge < -0.3 is 15.1 Å². The Morgan fingerprint density at radius 1 is 1.17 bits per heavy atom. The van der Waals surface area contributed by atoms with E-state index in [2.05, 4.69) is 10.4 Å². The van der Waals surface area contributed by atoms with Crippen molar-refractivity contribution in [3.8, 4) is 0 Å². The highest BCUT2D eigenvalue weighted by molar-refractivity contribution is 6.31. The van der Waals surface area contributed by atoms with Gasteiger partial charge >= 0.3 is 0 Å². The van der Waals surface area contributed by atoms with Gasteiger partial charge in [0, 0.05) is 30.9 Å². The lowest BCUT2D eigenvalue weighted by atomic mass is 10.0. The Morgan fingerprint density at radius 3 is 2.67 bits per heavy atom. The molecule has 1 aliphatic heterocycles. The van der Waals surface area contributed by atoms with Crippen LogP contribution in [-0.4, -0.2) is 47.1 Å². The summed E-state index contributed by atoms with van der Waals surface area (Å²) in [5, 5.41) is 7.81. The standard InChI is InChI=1S/C22H22ClN5O2/c1-24-20(29)14-28-19-10-6-4-8-17(19)22(30)26(2)21(28)16-11-25-27(13-16)12-15-7-3-5-9-18(15)23/h3-11,13,21H,12,14H2,1-2H3,(H,24,29). The van der Waals surface area contributed by atoms with Gasteiger partial charge in [0.15, 0.2) is 0 Å². The lowest BCUT2D eigenvalue weighted by Crippen LogP contribution is -2.50. The van der Waals surface area contributed by atoms with Crippen molar-refractivity contribution in [1.29, 1.82) is 0 Å². The zero-order valence-electron chi connectivity index (χ0n) is 16.7. The van der Waals surface area contributed by atoms with E-state index in [9.17, 15) is 9.59 Å². The maximum absolute atomic E-state index is 13.0. The molecule has 0 saturated heterocycles. The molecule has 3 aromatic rings. The molecule has 0 aliphatic carbocycles. The molecule has 7 nitrogen and oxygen atoms in total. The first kappa shape index (κ1) is 20.0. The molecule has 1 unspecified atom stereocenters. The molecule has 1 aromatic heterocycles. The number of carbonyl (C=O) groups is 2. The van der Waals surface area contributed by atoms with Crippen molar-refractivity contribution in [2.24, 2.45) is 0 Å². The lowest BCUT2D eigenvalue weighted by Gasteiger charge is -2.43. The van der Waals surface area contributed by atoms with Crippen LogP contribution in [0.15, 0.2) is 60.9 Å². The zero-order chi connectivity index (χ0) is 21.3. The lowest BCUT2D eigenvalue weighted by molar-refractivity contribution is -0.119. The third-order valence-electron chi connectivity index (χ3n) is 5.26. The van der Waals surface area contributed by atoms with Crippen molar-refractivity contribution < 1.29 is 9.59 Å². The third kappa shape index (κ3) is 3.64. The number of benzene rings is 2. The maximum atomic E-state index is 13.0. The van der Waals surface area contributed by atoms with Gasteiger partial charge in [-0.3, -0.25) is 14.3 Å². The fourth-order valence-corrected chi connectivity index (χ4v) is 3.95. The van der Waals surface area contributed by atoms with E-state index in [1.165, 1.54) is 0 Å². The largest absolute Gasteiger partial charge is 0.358 e. The van der Waals surface area contributed by atoms with E-state index in [1.54, 1.807) is 35.9 Å². The van der Waals surface area contributed by atoms with Gasteiger partial charge in [-0.15, -0.1) is 0 Å². The minimum atomic E-state index is -0.454. The number of nitrogens with zero attached hydrogens (tertiary/aromatic N) is 4. The van der Waals surface area contributed by atoms with Crippen molar-refractivity contribution in [2.75, 3.05) is 25.5 Å². The highest BCUT2D eigenvalue weighted by atomic mass is 35.5. The number of hydrogen-bond donors (Lipinski definition) is 1. The second-order valence-electron chi connectivity index (χ2n) is 7.17. The van der Waals surface area contributed by atoms with Gasteiger partial charge in [-0.05, 0) is 23.8 Å². The molecule has 30 heavy (non-hydrogen) atoms. The first-order valence-corrected chi connectivity index (χ1v) is 9.96. The molecule has 8 heteroatoms. The summed E-state index contributed by atoms with van der Waals surface area (Å²) in [6, 6.07) is 15.0. The van der Waals surface area contributed by atoms with Gasteiger partial charge in [0.1, 0.15) is 6.17 Å². The number of carbonyl (C=O) groups excluding carboxylic acids is 2. The van der Waals surface area contributed by atoms with Crippen LogP contribution in [0.25, 0.3) is 0 Å². The molecule has 4 rings (SSSR count). The van der Waals surface area contributed by atoms with Gasteiger partial charge in [-0.1, -0.05) is 41.9 Å². The van der Waals surface area contributed by atoms with Crippen LogP contribution in [0.2, 0.25) is 5.02 Å². The van der Waals surface area contributed by atoms with E-state index in [1.807, 2.05) is 53.6 Å². The van der Waals surface area contributed by atoms with Crippen molar-refractivity contribution in [2.45, 2.75) is 12.7 Å². The van der Waals surface area contributed by atoms with Crippen LogP contribution in [0, 0.1) is 0 Å². The molecule has 2 heterocycles. The van der Waals surface area contributed by atoms with Gasteiger partial charge in [0.2, 0.25) is 5.91 Å². The second kappa shape index (κ2) is 8.20. The first-order chi connectivity index (χ1) is 14.5. The molecule has 154 valence electrons. The normalized spacial score (nSPS) is 15.8. The number of rotatable bonds is 5. The molecule has 0 fully saturated rings. The monoisotopic (exact) mass is 423 g/mol. The summed E-state index contributed by atoms with van der Waals surface area (Å²) in [5.74, 6) is -0.233. The zero-order valence-corrected chi connectivity index (χ0v) is 17.5. The minimum Gasteiger partial charge on any atom is -0.358 e. The van der Waals surface area contributed by atoms with E-state index >= 15 is 0 Å². The second-order valence-corrected chi connectivity index (χ2v) is 7.58. The molecule has 0 spiro atoms. The number of anilines is 1. The highest BCUT2D eigenvalue weighted by Crippen LogP contribution is 2.37. The van der Waals surface area contributed by atoms with Crippen LogP contribution < -0.4 is 10.2 Å². The van der Waals surface area contributed by atoms with Crippen molar-refractivity contribution in [3.05, 3.63) is 82.6 Å². The number of para-hydroxylation sites is 1. The van der Waals surface area contributed by atoms with Crippen LogP contribution in [-0.2, 0) is 11.3 Å². The Kier molecular flexibility index (Phi) is 5.46. The van der Waals surface area contributed by atoms with E-state index < -0.39 is 6.17 Å². The number of likely N-dealkylation sites (N-methyl/N-ethyl adjacent to an activating group) is 1. The highest BCUT2D eigenvalue weighted by Gasteiger charge is 2.37. The molecule has 0 saturated carbocycles. The molecule has 1 atom stereocenters. The Bertz CT molecular complexity index is 1100. The van der Waals surface area contributed by atoms with E-state index in [0.717, 1.165) is 16.8 Å². The smallest absolute Gasteiger partial charge is 0.257 e. The maximum Gasteiger partial charge on any atom is 0.257 e. The molecule has 0 radical (unpaired) electrons. The quantitative estimate of drug-likeness (QED) is 0.685. The molecular formula is C22H22ClN5O2. The Morgan fingerprint density at radius 2 is 1.90 bits per heavy atom. The summed E-state index contributed by atoms with van der Waals surface area (Å²) in [4.78, 5) is 28.8. The van der Waals surface area contributed by atoms with Gasteiger partial charge in [0.25, 0.3) is 5.91 Å². The number of amides is 2. The van der Waals surface area contributed by atoms with E-state index in [-0.39, 0.29) is 18.4 Å². The molecule has 2 aromatic carbocycles. The van der Waals surface area contributed by atoms with Crippen molar-refractivity contribution in [1.82, 2.24) is 20.0 Å². The first-order valence-electron chi connectivity index (χ1n) is 9.58. The fourth-order valence-electron chi connectivity index (χ4n) is 3.76. The van der Waals surface area contributed by atoms with Crippen LogP contribution in [0.5, 0.6) is 0 Å². The minimum absolute atomic E-state index is 0.0948. The van der Waals surface area contributed by atoms with Gasteiger partial charge in [-0.25, -0.2) is 0 Å². The Labute approximate surface area is 179 Å². The van der Waals surface area contributed by atoms with Crippen LogP contribution >= 0.6 is 11.6 Å². The predicted molar refractivity (Wildman–Crippen MR) is 115 cm³/mol. The van der Waals surface area contributed by atoms with Gasteiger partial charge in [-0.2, -0.15) is 5.10 Å². The number of halogens is 1. The van der Waals surface area contributed by atoms with Crippen molar-refractivity contribution in [3.63, 3.8) is 0 Å². The number of fused-ring (bicyclic) bond motifs is 1. The van der Waals surface area contributed by atoms with Crippen molar-refractivity contribution >= 4 is 29.1 Å². The van der Waals surface area contributed by atoms with Crippen LogP contribution in [0.4, 0.5) is 5.69 Å².